The molecule has 1 unspecified atom stereocenters. The van der Waals surface area contributed by atoms with Crippen molar-refractivity contribution in [1.29, 1.82) is 0 Å². The number of hydrogen-bond acceptors (Lipinski definition) is 2. The van der Waals surface area contributed by atoms with E-state index in [1.807, 2.05) is 6.92 Å². The molecule has 0 aromatic heterocycles. The first-order chi connectivity index (χ1) is 7.19. The van der Waals surface area contributed by atoms with Crippen LogP contribution in [0.2, 0.25) is 0 Å². The van der Waals surface area contributed by atoms with Crippen molar-refractivity contribution in [2.45, 2.75) is 18.9 Å². The standard InChI is InChI=1S/C11H14ClFO2/c1-8(14-2)7-15-11-9(6-12)4-3-5-10(11)13/h3-5,8H,6-7H2,1-2H3. The van der Waals surface area contributed by atoms with Crippen LogP contribution in [-0.4, -0.2) is 19.8 Å². The van der Waals surface area contributed by atoms with E-state index in [0.717, 1.165) is 0 Å². The van der Waals surface area contributed by atoms with Gasteiger partial charge < -0.3 is 9.47 Å². The number of hydrogen-bond donors (Lipinski definition) is 0. The molecule has 0 saturated carbocycles. The largest absolute Gasteiger partial charge is 0.487 e. The van der Waals surface area contributed by atoms with Crippen LogP contribution >= 0.6 is 11.6 Å². The summed E-state index contributed by atoms with van der Waals surface area (Å²) < 4.78 is 23.7. The number of rotatable bonds is 5. The molecule has 0 aliphatic carbocycles. The van der Waals surface area contributed by atoms with E-state index in [-0.39, 0.29) is 17.7 Å². The third-order valence-corrected chi connectivity index (χ3v) is 2.35. The molecule has 1 aromatic carbocycles. The van der Waals surface area contributed by atoms with Crippen LogP contribution in [0.25, 0.3) is 0 Å². The molecule has 0 bridgehead atoms. The van der Waals surface area contributed by atoms with Crippen LogP contribution in [0.3, 0.4) is 0 Å². The van der Waals surface area contributed by atoms with Gasteiger partial charge in [0.2, 0.25) is 0 Å². The minimum atomic E-state index is -0.392. The summed E-state index contributed by atoms with van der Waals surface area (Å²) in [6.07, 6.45) is -0.0761. The zero-order chi connectivity index (χ0) is 11.3. The highest BCUT2D eigenvalue weighted by molar-refractivity contribution is 6.17. The number of ether oxygens (including phenoxy) is 2. The van der Waals surface area contributed by atoms with Gasteiger partial charge in [0, 0.05) is 12.7 Å². The van der Waals surface area contributed by atoms with Gasteiger partial charge in [-0.2, -0.15) is 0 Å². The van der Waals surface area contributed by atoms with Gasteiger partial charge in [0.1, 0.15) is 6.61 Å². The molecule has 84 valence electrons. The van der Waals surface area contributed by atoms with E-state index in [1.165, 1.54) is 6.07 Å². The fourth-order valence-electron chi connectivity index (χ4n) is 1.09. The van der Waals surface area contributed by atoms with E-state index in [9.17, 15) is 4.39 Å². The van der Waals surface area contributed by atoms with Gasteiger partial charge in [-0.1, -0.05) is 12.1 Å². The monoisotopic (exact) mass is 232 g/mol. The number of methoxy groups -OCH3 is 1. The second-order valence-corrected chi connectivity index (χ2v) is 3.49. The lowest BCUT2D eigenvalue weighted by Gasteiger charge is -2.14. The van der Waals surface area contributed by atoms with Gasteiger partial charge in [0.25, 0.3) is 0 Å². The molecule has 1 rings (SSSR count). The Morgan fingerprint density at radius 2 is 2.20 bits per heavy atom. The summed E-state index contributed by atoms with van der Waals surface area (Å²) in [6.45, 7) is 2.16. The second kappa shape index (κ2) is 5.93. The average molecular weight is 233 g/mol. The van der Waals surface area contributed by atoms with Crippen LogP contribution in [0.4, 0.5) is 4.39 Å². The molecule has 0 aliphatic rings. The molecule has 1 aromatic rings. The third kappa shape index (κ3) is 3.36. The van der Waals surface area contributed by atoms with Crippen molar-refractivity contribution in [2.24, 2.45) is 0 Å². The van der Waals surface area contributed by atoms with Crippen LogP contribution in [0, 0.1) is 5.82 Å². The zero-order valence-electron chi connectivity index (χ0n) is 8.80. The Morgan fingerprint density at radius 3 is 2.80 bits per heavy atom. The maximum atomic E-state index is 13.4. The zero-order valence-corrected chi connectivity index (χ0v) is 9.55. The molecule has 4 heteroatoms. The molecule has 0 N–H and O–H groups in total. The lowest BCUT2D eigenvalue weighted by atomic mass is 10.2. The first-order valence-electron chi connectivity index (χ1n) is 4.68. The molecule has 2 nitrogen and oxygen atoms in total. The van der Waals surface area contributed by atoms with Gasteiger partial charge >= 0.3 is 0 Å². The Morgan fingerprint density at radius 1 is 1.47 bits per heavy atom. The Bertz CT molecular complexity index is 317. The van der Waals surface area contributed by atoms with Crippen molar-refractivity contribution in [3.05, 3.63) is 29.6 Å². The number of halogens is 2. The first kappa shape index (κ1) is 12.3. The van der Waals surface area contributed by atoms with Crippen molar-refractivity contribution < 1.29 is 13.9 Å². The molecule has 0 radical (unpaired) electrons. The Kier molecular flexibility index (Phi) is 4.85. The summed E-state index contributed by atoms with van der Waals surface area (Å²) in [4.78, 5) is 0. The highest BCUT2D eigenvalue weighted by Gasteiger charge is 2.10. The maximum Gasteiger partial charge on any atom is 0.165 e. The highest BCUT2D eigenvalue weighted by atomic mass is 35.5. The number of para-hydroxylation sites is 1. The van der Waals surface area contributed by atoms with Crippen LogP contribution in [0.1, 0.15) is 12.5 Å². The predicted octanol–water partition coefficient (Wildman–Crippen LogP) is 2.98. The molecule has 0 spiro atoms. The fraction of sp³-hybridized carbons (Fsp3) is 0.455. The molecule has 0 amide bonds. The van der Waals surface area contributed by atoms with Gasteiger partial charge in [0.15, 0.2) is 11.6 Å². The summed E-state index contributed by atoms with van der Waals surface area (Å²) in [5, 5.41) is 0. The van der Waals surface area contributed by atoms with Crippen LogP contribution < -0.4 is 4.74 Å². The molecule has 0 saturated heterocycles. The van der Waals surface area contributed by atoms with Crippen LogP contribution in [0.5, 0.6) is 5.75 Å². The van der Waals surface area contributed by atoms with Crippen molar-refractivity contribution in [3.63, 3.8) is 0 Å². The highest BCUT2D eigenvalue weighted by Crippen LogP contribution is 2.24. The van der Waals surface area contributed by atoms with E-state index in [0.29, 0.717) is 12.2 Å². The first-order valence-corrected chi connectivity index (χ1v) is 5.21. The second-order valence-electron chi connectivity index (χ2n) is 3.22. The van der Waals surface area contributed by atoms with Crippen molar-refractivity contribution >= 4 is 11.6 Å². The molecular weight excluding hydrogens is 219 g/mol. The van der Waals surface area contributed by atoms with Crippen LogP contribution in [-0.2, 0) is 10.6 Å². The Labute approximate surface area is 94.0 Å². The van der Waals surface area contributed by atoms with E-state index in [4.69, 9.17) is 21.1 Å². The predicted molar refractivity (Wildman–Crippen MR) is 57.9 cm³/mol. The molecule has 0 heterocycles. The van der Waals surface area contributed by atoms with Crippen molar-refractivity contribution in [1.82, 2.24) is 0 Å². The van der Waals surface area contributed by atoms with Gasteiger partial charge in [-0.3, -0.25) is 0 Å². The maximum absolute atomic E-state index is 13.4. The summed E-state index contributed by atoms with van der Waals surface area (Å²) in [5.41, 5.74) is 0.653. The van der Waals surface area contributed by atoms with Gasteiger partial charge in [0.05, 0.1) is 12.0 Å². The Balaban J connectivity index is 2.74. The summed E-state index contributed by atoms with van der Waals surface area (Å²) in [7, 11) is 1.58. The molecule has 0 aliphatic heterocycles. The lowest BCUT2D eigenvalue weighted by molar-refractivity contribution is 0.0699. The minimum Gasteiger partial charge on any atom is -0.487 e. The van der Waals surface area contributed by atoms with Gasteiger partial charge in [-0.05, 0) is 13.0 Å². The molecule has 1 atom stereocenters. The summed E-state index contributed by atoms with van der Waals surface area (Å²) in [6, 6.07) is 4.70. The van der Waals surface area contributed by atoms with Gasteiger partial charge in [-0.25, -0.2) is 4.39 Å². The normalized spacial score (nSPS) is 12.5. The minimum absolute atomic E-state index is 0.0761. The van der Waals surface area contributed by atoms with Gasteiger partial charge in [-0.15, -0.1) is 11.6 Å². The van der Waals surface area contributed by atoms with Crippen LogP contribution in [0.15, 0.2) is 18.2 Å². The third-order valence-electron chi connectivity index (χ3n) is 2.06. The van der Waals surface area contributed by atoms with E-state index in [1.54, 1.807) is 19.2 Å². The molecule has 0 fully saturated rings. The number of benzene rings is 1. The van der Waals surface area contributed by atoms with Crippen molar-refractivity contribution in [2.75, 3.05) is 13.7 Å². The topological polar surface area (TPSA) is 18.5 Å². The summed E-state index contributed by atoms with van der Waals surface area (Å²) in [5.74, 6) is 0.0573. The van der Waals surface area contributed by atoms with E-state index < -0.39 is 5.82 Å². The van der Waals surface area contributed by atoms with Crippen molar-refractivity contribution in [3.8, 4) is 5.75 Å². The lowest BCUT2D eigenvalue weighted by Crippen LogP contribution is -2.17. The quantitative estimate of drug-likeness (QED) is 0.727. The van der Waals surface area contributed by atoms with E-state index >= 15 is 0 Å². The SMILES string of the molecule is COC(C)COc1c(F)cccc1CCl. The molecule has 15 heavy (non-hydrogen) atoms. The smallest absolute Gasteiger partial charge is 0.165 e. The Hall–Kier alpha value is -0.800. The average Bonchev–Trinajstić information content (AvgIpc) is 2.26. The summed E-state index contributed by atoms with van der Waals surface area (Å²) >= 11 is 5.68. The number of alkyl halides is 1. The fourth-order valence-corrected chi connectivity index (χ4v) is 1.30. The molecular formula is C11H14ClFO2. The van der Waals surface area contributed by atoms with E-state index in [2.05, 4.69) is 0 Å².